The number of aromatic nitrogens is 1. The fourth-order valence-electron chi connectivity index (χ4n) is 2.68. The summed E-state index contributed by atoms with van der Waals surface area (Å²) in [5.41, 5.74) is 2.11. The van der Waals surface area contributed by atoms with Gasteiger partial charge in [-0.2, -0.15) is 0 Å². The minimum Gasteiger partial charge on any atom is -0.497 e. The van der Waals surface area contributed by atoms with Crippen LogP contribution >= 0.6 is 0 Å². The predicted octanol–water partition coefficient (Wildman–Crippen LogP) is 1.76. The molecular weight excluding hydrogens is 268 g/mol. The molecule has 1 N–H and O–H groups in total. The zero-order chi connectivity index (χ0) is 15.0. The number of carbonyl (C=O) groups is 1. The average Bonchev–Trinajstić information content (AvgIpc) is 2.91. The number of amides is 1. The molecule has 0 unspecified atom stereocenters. The summed E-state index contributed by atoms with van der Waals surface area (Å²) in [6.45, 7) is 2.83. The lowest BCUT2D eigenvalue weighted by Crippen LogP contribution is -2.30. The molecule has 0 spiro atoms. The standard InChI is InChI=1S/C16H18N2O3/c1-10-14(16(20)18-6-5-12(19)9-18)7-11-3-4-13(21-2)8-15(11)17-10/h3-4,7-8,12,19H,5-6,9H2,1-2H3/t12-/m1/s1. The van der Waals surface area contributed by atoms with E-state index in [1.54, 1.807) is 12.0 Å². The van der Waals surface area contributed by atoms with Gasteiger partial charge in [-0.3, -0.25) is 9.78 Å². The Kier molecular flexibility index (Phi) is 3.51. The van der Waals surface area contributed by atoms with Crippen molar-refractivity contribution in [2.75, 3.05) is 20.2 Å². The molecule has 5 heteroatoms. The van der Waals surface area contributed by atoms with E-state index >= 15 is 0 Å². The zero-order valence-electron chi connectivity index (χ0n) is 12.2. The molecule has 1 amide bonds. The molecule has 0 saturated carbocycles. The number of rotatable bonds is 2. The fraction of sp³-hybridized carbons (Fsp3) is 0.375. The SMILES string of the molecule is COc1ccc2cc(C(=O)N3CC[C@@H](O)C3)c(C)nc2c1. The van der Waals surface area contributed by atoms with E-state index in [9.17, 15) is 9.90 Å². The molecule has 1 aliphatic rings. The topological polar surface area (TPSA) is 62.7 Å². The third kappa shape index (κ3) is 2.56. The molecule has 3 rings (SSSR count). The summed E-state index contributed by atoms with van der Waals surface area (Å²) in [5, 5.41) is 10.5. The van der Waals surface area contributed by atoms with Gasteiger partial charge in [-0.05, 0) is 31.5 Å². The van der Waals surface area contributed by atoms with E-state index in [0.717, 1.165) is 16.7 Å². The van der Waals surface area contributed by atoms with Gasteiger partial charge in [0.1, 0.15) is 5.75 Å². The quantitative estimate of drug-likeness (QED) is 0.913. The van der Waals surface area contributed by atoms with Crippen molar-refractivity contribution in [1.29, 1.82) is 0 Å². The maximum atomic E-state index is 12.5. The molecule has 2 heterocycles. The lowest BCUT2D eigenvalue weighted by molar-refractivity contribution is 0.0764. The first-order valence-corrected chi connectivity index (χ1v) is 7.01. The molecule has 1 aromatic carbocycles. The molecule has 0 radical (unpaired) electrons. The van der Waals surface area contributed by atoms with Crippen molar-refractivity contribution in [3.63, 3.8) is 0 Å². The summed E-state index contributed by atoms with van der Waals surface area (Å²) in [7, 11) is 1.62. The molecule has 21 heavy (non-hydrogen) atoms. The van der Waals surface area contributed by atoms with Crippen LogP contribution < -0.4 is 4.74 Å². The largest absolute Gasteiger partial charge is 0.497 e. The molecule has 0 bridgehead atoms. The van der Waals surface area contributed by atoms with Gasteiger partial charge in [0.2, 0.25) is 0 Å². The molecule has 1 aliphatic heterocycles. The number of aryl methyl sites for hydroxylation is 1. The molecule has 2 aromatic rings. The van der Waals surface area contributed by atoms with Crippen molar-refractivity contribution in [3.05, 3.63) is 35.5 Å². The van der Waals surface area contributed by atoms with E-state index in [4.69, 9.17) is 4.74 Å². The number of nitrogens with zero attached hydrogens (tertiary/aromatic N) is 2. The highest BCUT2D eigenvalue weighted by atomic mass is 16.5. The van der Waals surface area contributed by atoms with Crippen LogP contribution in [0.25, 0.3) is 10.9 Å². The highest BCUT2D eigenvalue weighted by Crippen LogP contribution is 2.23. The Labute approximate surface area is 123 Å². The van der Waals surface area contributed by atoms with Crippen LogP contribution in [0.3, 0.4) is 0 Å². The maximum absolute atomic E-state index is 12.5. The number of aliphatic hydroxyl groups is 1. The van der Waals surface area contributed by atoms with Crippen molar-refractivity contribution in [2.24, 2.45) is 0 Å². The van der Waals surface area contributed by atoms with E-state index in [0.29, 0.717) is 30.8 Å². The van der Waals surface area contributed by atoms with Gasteiger partial charge in [0.25, 0.3) is 5.91 Å². The Bertz CT molecular complexity index is 699. The summed E-state index contributed by atoms with van der Waals surface area (Å²) < 4.78 is 5.19. The van der Waals surface area contributed by atoms with Crippen LogP contribution in [0.4, 0.5) is 0 Å². The van der Waals surface area contributed by atoms with Crippen molar-refractivity contribution < 1.29 is 14.6 Å². The molecule has 0 aliphatic carbocycles. The minimum atomic E-state index is -0.410. The number of hydrogen-bond donors (Lipinski definition) is 1. The molecule has 1 atom stereocenters. The lowest BCUT2D eigenvalue weighted by Gasteiger charge is -2.17. The van der Waals surface area contributed by atoms with Crippen molar-refractivity contribution in [1.82, 2.24) is 9.88 Å². The van der Waals surface area contributed by atoms with Gasteiger partial charge >= 0.3 is 0 Å². The summed E-state index contributed by atoms with van der Waals surface area (Å²) >= 11 is 0. The van der Waals surface area contributed by atoms with Crippen LogP contribution in [0, 0.1) is 6.92 Å². The maximum Gasteiger partial charge on any atom is 0.255 e. The Morgan fingerprint density at radius 3 is 2.90 bits per heavy atom. The first-order chi connectivity index (χ1) is 10.1. The summed E-state index contributed by atoms with van der Waals surface area (Å²) in [4.78, 5) is 18.7. The highest BCUT2D eigenvalue weighted by Gasteiger charge is 2.26. The van der Waals surface area contributed by atoms with Gasteiger partial charge in [-0.25, -0.2) is 0 Å². The number of likely N-dealkylation sites (tertiary alicyclic amines) is 1. The summed E-state index contributed by atoms with van der Waals surface area (Å²) in [6, 6.07) is 7.48. The summed E-state index contributed by atoms with van der Waals surface area (Å²) in [5.74, 6) is 0.686. The van der Waals surface area contributed by atoms with E-state index in [-0.39, 0.29) is 5.91 Å². The predicted molar refractivity (Wildman–Crippen MR) is 79.6 cm³/mol. The second-order valence-electron chi connectivity index (χ2n) is 5.37. The molecule has 5 nitrogen and oxygen atoms in total. The van der Waals surface area contributed by atoms with Crippen LogP contribution in [0.5, 0.6) is 5.75 Å². The first kappa shape index (κ1) is 13.8. The monoisotopic (exact) mass is 286 g/mol. The smallest absolute Gasteiger partial charge is 0.255 e. The lowest BCUT2D eigenvalue weighted by atomic mass is 10.1. The Balaban J connectivity index is 1.99. The number of carbonyl (C=O) groups excluding carboxylic acids is 1. The number of hydrogen-bond acceptors (Lipinski definition) is 4. The second-order valence-corrected chi connectivity index (χ2v) is 5.37. The number of ether oxygens (including phenoxy) is 1. The zero-order valence-corrected chi connectivity index (χ0v) is 12.2. The number of fused-ring (bicyclic) bond motifs is 1. The first-order valence-electron chi connectivity index (χ1n) is 7.01. The van der Waals surface area contributed by atoms with Gasteiger partial charge in [0.05, 0.1) is 30.0 Å². The highest BCUT2D eigenvalue weighted by molar-refractivity contribution is 5.99. The van der Waals surface area contributed by atoms with Crippen molar-refractivity contribution in [3.8, 4) is 5.75 Å². The molecular formula is C16H18N2O3. The number of benzene rings is 1. The molecule has 1 aromatic heterocycles. The van der Waals surface area contributed by atoms with Crippen LogP contribution in [-0.4, -0.2) is 47.2 Å². The number of methoxy groups -OCH3 is 1. The Morgan fingerprint density at radius 1 is 1.43 bits per heavy atom. The number of pyridine rings is 1. The van der Waals surface area contributed by atoms with Crippen LogP contribution in [-0.2, 0) is 0 Å². The number of aliphatic hydroxyl groups excluding tert-OH is 1. The van der Waals surface area contributed by atoms with E-state index < -0.39 is 6.10 Å². The number of β-amino-alcohol motifs (C(OH)–C–C–N with tert-alkyl or cyclic N) is 1. The van der Waals surface area contributed by atoms with Gasteiger partial charge in [0, 0.05) is 24.5 Å². The second kappa shape index (κ2) is 5.33. The van der Waals surface area contributed by atoms with E-state index in [2.05, 4.69) is 4.98 Å². The minimum absolute atomic E-state index is 0.0609. The third-order valence-electron chi connectivity index (χ3n) is 3.90. The molecule has 1 saturated heterocycles. The summed E-state index contributed by atoms with van der Waals surface area (Å²) in [6.07, 6.45) is 0.232. The average molecular weight is 286 g/mol. The van der Waals surface area contributed by atoms with Gasteiger partial charge in [-0.15, -0.1) is 0 Å². The Morgan fingerprint density at radius 2 is 2.24 bits per heavy atom. The molecule has 1 fully saturated rings. The van der Waals surface area contributed by atoms with Gasteiger partial charge in [0.15, 0.2) is 0 Å². The van der Waals surface area contributed by atoms with Crippen LogP contribution in [0.2, 0.25) is 0 Å². The Hall–Kier alpha value is -2.14. The third-order valence-corrected chi connectivity index (χ3v) is 3.90. The normalized spacial score (nSPS) is 18.2. The van der Waals surface area contributed by atoms with Gasteiger partial charge < -0.3 is 14.7 Å². The van der Waals surface area contributed by atoms with Gasteiger partial charge in [-0.1, -0.05) is 0 Å². The van der Waals surface area contributed by atoms with Crippen molar-refractivity contribution in [2.45, 2.75) is 19.4 Å². The van der Waals surface area contributed by atoms with E-state index in [1.807, 2.05) is 31.2 Å². The van der Waals surface area contributed by atoms with Crippen LogP contribution in [0.1, 0.15) is 22.5 Å². The fourth-order valence-corrected chi connectivity index (χ4v) is 2.68. The molecule has 110 valence electrons. The van der Waals surface area contributed by atoms with E-state index in [1.165, 1.54) is 0 Å². The van der Waals surface area contributed by atoms with Crippen molar-refractivity contribution >= 4 is 16.8 Å². The van der Waals surface area contributed by atoms with Crippen LogP contribution in [0.15, 0.2) is 24.3 Å².